The molecule has 0 spiro atoms. The molecular weight excluding hydrogens is 482 g/mol. The molecule has 10 heteroatoms. The van der Waals surface area contributed by atoms with Gasteiger partial charge in [0.25, 0.3) is 5.91 Å². The van der Waals surface area contributed by atoms with E-state index >= 15 is 0 Å². The van der Waals surface area contributed by atoms with Crippen molar-refractivity contribution in [3.63, 3.8) is 0 Å². The van der Waals surface area contributed by atoms with Crippen LogP contribution in [0, 0.1) is 23.3 Å². The summed E-state index contributed by atoms with van der Waals surface area (Å²) in [6.07, 6.45) is 0. The maximum Gasteiger partial charge on any atom is 0.281 e. The van der Waals surface area contributed by atoms with Crippen molar-refractivity contribution < 1.29 is 27.1 Å². The summed E-state index contributed by atoms with van der Waals surface area (Å²) in [7, 11) is 1.18. The van der Waals surface area contributed by atoms with E-state index in [0.717, 1.165) is 53.2 Å². The predicted molar refractivity (Wildman–Crippen MR) is 125 cm³/mol. The monoisotopic (exact) mass is 503 g/mol. The molecule has 2 N–H and O–H groups in total. The van der Waals surface area contributed by atoms with Crippen LogP contribution in [0.3, 0.4) is 0 Å². The molecule has 0 fully saturated rings. The van der Waals surface area contributed by atoms with E-state index in [1.54, 1.807) is 30.3 Å². The van der Waals surface area contributed by atoms with Crippen LogP contribution < -0.4 is 5.73 Å². The zero-order valence-electron chi connectivity index (χ0n) is 18.8. The summed E-state index contributed by atoms with van der Waals surface area (Å²) in [6, 6.07) is 14.1. The van der Waals surface area contributed by atoms with E-state index in [4.69, 9.17) is 10.5 Å². The van der Waals surface area contributed by atoms with Gasteiger partial charge in [0, 0.05) is 24.8 Å². The summed E-state index contributed by atoms with van der Waals surface area (Å²) in [5.41, 5.74) is 4.17. The molecule has 182 valence electrons. The summed E-state index contributed by atoms with van der Waals surface area (Å²) < 4.78 is 62.9. The standard InChI is InChI=1S/C25H21F4N3O2S/c1-24(34-2,19-13-17(27)9-11-21(19)29)23(33)32-25(14-30,15-6-4-3-5-7-15)35-22(31-32)18-12-16(26)8-10-20(18)28/h3-13H,14,30H2,1-2H3/t24-,25?/m0/s1. The second-order valence-electron chi connectivity index (χ2n) is 7.96. The third kappa shape index (κ3) is 4.22. The van der Waals surface area contributed by atoms with Gasteiger partial charge in [-0.1, -0.05) is 42.1 Å². The van der Waals surface area contributed by atoms with Gasteiger partial charge in [0.15, 0.2) is 10.5 Å². The lowest BCUT2D eigenvalue weighted by molar-refractivity contribution is -0.158. The number of carbonyl (C=O) groups is 1. The Labute approximate surface area is 203 Å². The highest BCUT2D eigenvalue weighted by Crippen LogP contribution is 2.49. The maximum absolute atomic E-state index is 14.8. The lowest BCUT2D eigenvalue weighted by atomic mass is 9.92. The average molecular weight is 504 g/mol. The average Bonchev–Trinajstić information content (AvgIpc) is 3.27. The van der Waals surface area contributed by atoms with Crippen LogP contribution in [0.15, 0.2) is 71.8 Å². The van der Waals surface area contributed by atoms with Gasteiger partial charge < -0.3 is 10.5 Å². The first-order valence-electron chi connectivity index (χ1n) is 10.5. The van der Waals surface area contributed by atoms with E-state index in [1.807, 2.05) is 0 Å². The molecule has 5 nitrogen and oxygen atoms in total. The number of halogens is 4. The van der Waals surface area contributed by atoms with Gasteiger partial charge in [-0.15, -0.1) is 0 Å². The molecule has 1 amide bonds. The molecule has 35 heavy (non-hydrogen) atoms. The molecule has 1 aliphatic rings. The third-order valence-electron chi connectivity index (χ3n) is 5.91. The van der Waals surface area contributed by atoms with E-state index in [2.05, 4.69) is 5.10 Å². The molecule has 0 bridgehead atoms. The molecule has 0 radical (unpaired) electrons. The van der Waals surface area contributed by atoms with Crippen LogP contribution in [-0.2, 0) is 20.0 Å². The Morgan fingerprint density at radius 3 is 2.29 bits per heavy atom. The minimum atomic E-state index is -2.03. The lowest BCUT2D eigenvalue weighted by Crippen LogP contribution is -2.53. The molecule has 0 aliphatic carbocycles. The maximum atomic E-state index is 14.8. The number of hydrogen-bond donors (Lipinski definition) is 1. The largest absolute Gasteiger partial charge is 0.364 e. The first kappa shape index (κ1) is 24.9. The van der Waals surface area contributed by atoms with Gasteiger partial charge in [-0.3, -0.25) is 4.79 Å². The van der Waals surface area contributed by atoms with E-state index in [1.165, 1.54) is 14.0 Å². The van der Waals surface area contributed by atoms with Crippen molar-refractivity contribution >= 4 is 22.7 Å². The molecule has 3 aromatic rings. The van der Waals surface area contributed by atoms with Gasteiger partial charge in [0.2, 0.25) is 0 Å². The highest BCUT2D eigenvalue weighted by atomic mass is 32.2. The minimum Gasteiger partial charge on any atom is -0.364 e. The number of ether oxygens (including phenoxy) is 1. The van der Waals surface area contributed by atoms with Crippen molar-refractivity contribution in [1.82, 2.24) is 5.01 Å². The second-order valence-corrected chi connectivity index (χ2v) is 9.23. The number of thioether (sulfide) groups is 1. The summed E-state index contributed by atoms with van der Waals surface area (Å²) in [4.78, 5) is 12.6. The van der Waals surface area contributed by atoms with Crippen LogP contribution in [0.1, 0.15) is 23.6 Å². The Kier molecular flexibility index (Phi) is 6.72. The number of nitrogens with zero attached hydrogens (tertiary/aromatic N) is 2. The van der Waals surface area contributed by atoms with Gasteiger partial charge in [-0.05, 0) is 48.9 Å². The highest BCUT2D eigenvalue weighted by molar-refractivity contribution is 8.15. The first-order chi connectivity index (χ1) is 16.7. The number of carbonyl (C=O) groups excluding carboxylic acids is 1. The number of benzene rings is 3. The fraction of sp³-hybridized carbons (Fsp3) is 0.200. The molecule has 4 rings (SSSR count). The van der Waals surface area contributed by atoms with Crippen molar-refractivity contribution in [3.05, 3.63) is 107 Å². The minimum absolute atomic E-state index is 0.0113. The smallest absolute Gasteiger partial charge is 0.281 e. The highest BCUT2D eigenvalue weighted by Gasteiger charge is 2.53. The lowest BCUT2D eigenvalue weighted by Gasteiger charge is -2.39. The van der Waals surface area contributed by atoms with Crippen molar-refractivity contribution in [1.29, 1.82) is 0 Å². The zero-order valence-corrected chi connectivity index (χ0v) is 19.6. The van der Waals surface area contributed by atoms with Crippen LogP contribution in [-0.4, -0.2) is 29.6 Å². The molecule has 1 heterocycles. The van der Waals surface area contributed by atoms with E-state index in [0.29, 0.717) is 5.56 Å². The van der Waals surface area contributed by atoms with Crippen LogP contribution in [0.4, 0.5) is 17.6 Å². The molecule has 1 unspecified atom stereocenters. The van der Waals surface area contributed by atoms with Gasteiger partial charge in [-0.2, -0.15) is 5.10 Å². The Hall–Kier alpha value is -3.21. The van der Waals surface area contributed by atoms with Gasteiger partial charge in [0.05, 0.1) is 0 Å². The fourth-order valence-corrected chi connectivity index (χ4v) is 5.13. The normalized spacial score (nSPS) is 19.4. The summed E-state index contributed by atoms with van der Waals surface area (Å²) in [6.45, 7) is 1.09. The van der Waals surface area contributed by atoms with Crippen molar-refractivity contribution in [2.24, 2.45) is 10.8 Å². The molecule has 3 aromatic carbocycles. The third-order valence-corrected chi connectivity index (χ3v) is 7.32. The predicted octanol–water partition coefficient (Wildman–Crippen LogP) is 4.85. The number of amides is 1. The molecule has 0 saturated carbocycles. The van der Waals surface area contributed by atoms with Gasteiger partial charge >= 0.3 is 0 Å². The fourth-order valence-electron chi connectivity index (χ4n) is 3.88. The molecule has 0 aromatic heterocycles. The Balaban J connectivity index is 1.92. The first-order valence-corrected chi connectivity index (χ1v) is 11.3. The van der Waals surface area contributed by atoms with Crippen LogP contribution >= 0.6 is 11.8 Å². The van der Waals surface area contributed by atoms with E-state index < -0.39 is 39.6 Å². The van der Waals surface area contributed by atoms with Crippen LogP contribution in [0.2, 0.25) is 0 Å². The number of methoxy groups -OCH3 is 1. The summed E-state index contributed by atoms with van der Waals surface area (Å²) in [5.74, 6) is -3.97. The van der Waals surface area contributed by atoms with Crippen LogP contribution in [0.25, 0.3) is 0 Å². The Morgan fingerprint density at radius 2 is 1.66 bits per heavy atom. The molecular formula is C25H21F4N3O2S. The number of hydrogen-bond acceptors (Lipinski definition) is 5. The summed E-state index contributed by atoms with van der Waals surface area (Å²) in [5, 5.41) is 5.31. The van der Waals surface area contributed by atoms with Crippen molar-refractivity contribution in [3.8, 4) is 0 Å². The molecule has 0 saturated heterocycles. The Bertz CT molecular complexity index is 1310. The zero-order chi connectivity index (χ0) is 25.4. The second kappa shape index (κ2) is 9.44. The van der Waals surface area contributed by atoms with Gasteiger partial charge in [0.1, 0.15) is 28.3 Å². The topological polar surface area (TPSA) is 67.9 Å². The number of hydrazone groups is 1. The van der Waals surface area contributed by atoms with E-state index in [-0.39, 0.29) is 22.7 Å². The molecule has 1 aliphatic heterocycles. The van der Waals surface area contributed by atoms with Crippen molar-refractivity contribution in [2.45, 2.75) is 17.4 Å². The number of rotatable bonds is 6. The van der Waals surface area contributed by atoms with Crippen LogP contribution in [0.5, 0.6) is 0 Å². The van der Waals surface area contributed by atoms with Crippen molar-refractivity contribution in [2.75, 3.05) is 13.7 Å². The molecule has 2 atom stereocenters. The quantitative estimate of drug-likeness (QED) is 0.489. The van der Waals surface area contributed by atoms with Gasteiger partial charge in [-0.25, -0.2) is 22.6 Å². The summed E-state index contributed by atoms with van der Waals surface area (Å²) >= 11 is 0.953. The number of nitrogens with two attached hydrogens (primary N) is 1. The SMILES string of the molecule is CO[C@](C)(C(=O)N1N=C(c2cc(F)ccc2F)SC1(CN)c1ccccc1)c1cc(F)ccc1F. The Morgan fingerprint density at radius 1 is 1.03 bits per heavy atom. The van der Waals surface area contributed by atoms with E-state index in [9.17, 15) is 22.4 Å².